The third-order valence-corrected chi connectivity index (χ3v) is 7.26. The molecular weight excluding hydrogens is 373 g/mol. The van der Waals surface area contributed by atoms with Gasteiger partial charge < -0.3 is 15.1 Å². The topological polar surface area (TPSA) is 71.1 Å². The maximum atomic E-state index is 12.2. The van der Waals surface area contributed by atoms with E-state index in [9.17, 15) is 9.69 Å². The van der Waals surface area contributed by atoms with Crippen molar-refractivity contribution in [3.8, 4) is 0 Å². The minimum atomic E-state index is -1.34. The van der Waals surface area contributed by atoms with Crippen LogP contribution in [0.25, 0.3) is 0 Å². The van der Waals surface area contributed by atoms with E-state index in [1.807, 2.05) is 0 Å². The zero-order valence-electron chi connectivity index (χ0n) is 16.7. The van der Waals surface area contributed by atoms with Gasteiger partial charge in [-0.15, -0.1) is 0 Å². The largest absolute Gasteiger partial charge is 0.369 e. The van der Waals surface area contributed by atoms with E-state index in [1.54, 1.807) is 4.90 Å². The summed E-state index contributed by atoms with van der Waals surface area (Å²) in [5, 5.41) is 6.11. The van der Waals surface area contributed by atoms with Crippen LogP contribution < -0.4 is 20.2 Å². The van der Waals surface area contributed by atoms with Gasteiger partial charge in [-0.2, -0.15) is 0 Å². The highest BCUT2D eigenvalue weighted by molar-refractivity contribution is 7.50. The highest BCUT2D eigenvalue weighted by Crippen LogP contribution is 2.33. The summed E-state index contributed by atoms with van der Waals surface area (Å²) < 4.78 is 0. The summed E-state index contributed by atoms with van der Waals surface area (Å²) >= 11 is 0. The van der Waals surface area contributed by atoms with Crippen LogP contribution in [-0.2, 0) is 0 Å². The second-order valence-electron chi connectivity index (χ2n) is 8.14. The summed E-state index contributed by atoms with van der Waals surface area (Å²) in [7, 11) is -1.34. The van der Waals surface area contributed by atoms with E-state index in [0.29, 0.717) is 12.7 Å². The highest BCUT2D eigenvalue weighted by Gasteiger charge is 2.27. The predicted octanol–water partition coefficient (Wildman–Crippen LogP) is 1.95. The fourth-order valence-electron chi connectivity index (χ4n) is 4.51. The molecule has 1 atom stereocenters. The number of piperazine rings is 1. The number of aryl methyl sites for hydroxylation is 1. The molecule has 1 aromatic carbocycles. The van der Waals surface area contributed by atoms with Gasteiger partial charge in [0.2, 0.25) is 0 Å². The van der Waals surface area contributed by atoms with Crippen LogP contribution in [0.2, 0.25) is 0 Å². The number of amides is 2. The third-order valence-electron chi connectivity index (χ3n) is 6.19. The normalized spacial score (nSPS) is 25.1. The molecule has 3 heterocycles. The third kappa shape index (κ3) is 4.60. The molecule has 3 N–H and O–H groups in total. The van der Waals surface area contributed by atoms with Crippen LogP contribution in [0.4, 0.5) is 16.2 Å². The van der Waals surface area contributed by atoms with Gasteiger partial charge in [-0.05, 0) is 62.5 Å². The standard InChI is InChI=1S/C20H32N5O2P/c1-16-14-18(2-3-19(16)25-12-13-28(27)22-20(25)26)24-10-8-23(9-11-24)15-17-4-6-21-7-5-17/h2-3,14,17,21,27H,4-13,15H2,1H3,(H,22,26). The second-order valence-corrected chi connectivity index (χ2v) is 9.61. The first-order valence-corrected chi connectivity index (χ1v) is 11.9. The molecule has 0 radical (unpaired) electrons. The Morgan fingerprint density at radius 3 is 2.57 bits per heavy atom. The lowest BCUT2D eigenvalue weighted by Crippen LogP contribution is -2.48. The number of piperidine rings is 1. The molecule has 3 aliphatic rings. The molecule has 7 nitrogen and oxygen atoms in total. The average molecular weight is 405 g/mol. The summed E-state index contributed by atoms with van der Waals surface area (Å²) in [5.74, 6) is 0.852. The molecule has 3 fully saturated rings. The number of anilines is 2. The number of nitrogens with one attached hydrogen (secondary N) is 2. The minimum Gasteiger partial charge on any atom is -0.369 e. The van der Waals surface area contributed by atoms with Gasteiger partial charge in [0.05, 0.1) is 0 Å². The smallest absolute Gasteiger partial charge is 0.326 e. The summed E-state index contributed by atoms with van der Waals surface area (Å²) in [4.78, 5) is 28.7. The van der Waals surface area contributed by atoms with Crippen LogP contribution in [0, 0.1) is 12.8 Å². The maximum Gasteiger partial charge on any atom is 0.326 e. The Morgan fingerprint density at radius 1 is 1.14 bits per heavy atom. The van der Waals surface area contributed by atoms with E-state index >= 15 is 0 Å². The molecule has 1 aromatic rings. The second kappa shape index (κ2) is 8.95. The number of benzene rings is 1. The fourth-order valence-corrected chi connectivity index (χ4v) is 5.35. The SMILES string of the molecule is Cc1cc(N2CCN(CC3CCNCC3)CC2)ccc1N1CCP(O)NC1=O. The number of urea groups is 1. The first-order valence-electron chi connectivity index (χ1n) is 10.4. The van der Waals surface area contributed by atoms with Crippen molar-refractivity contribution >= 4 is 25.7 Å². The predicted molar refractivity (Wildman–Crippen MR) is 115 cm³/mol. The van der Waals surface area contributed by atoms with Crippen LogP contribution in [0.1, 0.15) is 18.4 Å². The number of carbonyl (C=O) groups excluding carboxylic acids is 1. The molecule has 2 amide bonds. The van der Waals surface area contributed by atoms with Gasteiger partial charge in [0.1, 0.15) is 8.30 Å². The van der Waals surface area contributed by atoms with E-state index < -0.39 is 8.30 Å². The van der Waals surface area contributed by atoms with E-state index in [1.165, 1.54) is 38.2 Å². The minimum absolute atomic E-state index is 0.192. The van der Waals surface area contributed by atoms with Crippen molar-refractivity contribution in [2.75, 3.05) is 68.3 Å². The molecule has 0 aliphatic carbocycles. The number of hydrogen-bond acceptors (Lipinski definition) is 5. The van der Waals surface area contributed by atoms with Crippen molar-refractivity contribution in [3.05, 3.63) is 23.8 Å². The van der Waals surface area contributed by atoms with Crippen molar-refractivity contribution in [3.63, 3.8) is 0 Å². The Hall–Kier alpha value is -1.40. The first kappa shape index (κ1) is 19.9. The van der Waals surface area contributed by atoms with Crippen molar-refractivity contribution in [1.29, 1.82) is 0 Å². The van der Waals surface area contributed by atoms with Crippen LogP contribution in [0.5, 0.6) is 0 Å². The number of rotatable bonds is 4. The van der Waals surface area contributed by atoms with Gasteiger partial charge in [0.15, 0.2) is 0 Å². The quantitative estimate of drug-likeness (QED) is 0.668. The summed E-state index contributed by atoms with van der Waals surface area (Å²) in [5.41, 5.74) is 3.28. The molecule has 1 unspecified atom stereocenters. The van der Waals surface area contributed by atoms with E-state index in [2.05, 4.69) is 45.3 Å². The molecule has 0 bridgehead atoms. The summed E-state index contributed by atoms with van der Waals surface area (Å²) in [6.45, 7) is 10.6. The number of carbonyl (C=O) groups is 1. The molecule has 0 spiro atoms. The van der Waals surface area contributed by atoms with Crippen molar-refractivity contribution in [2.24, 2.45) is 5.92 Å². The van der Waals surface area contributed by atoms with Gasteiger partial charge in [0.25, 0.3) is 0 Å². The first-order chi connectivity index (χ1) is 13.6. The van der Waals surface area contributed by atoms with Crippen molar-refractivity contribution < 1.29 is 9.69 Å². The Bertz CT molecular complexity index is 689. The van der Waals surface area contributed by atoms with Gasteiger partial charge in [-0.1, -0.05) is 0 Å². The lowest BCUT2D eigenvalue weighted by Gasteiger charge is -2.38. The van der Waals surface area contributed by atoms with Crippen molar-refractivity contribution in [2.45, 2.75) is 19.8 Å². The Balaban J connectivity index is 1.34. The summed E-state index contributed by atoms with van der Waals surface area (Å²) in [6.07, 6.45) is 3.23. The maximum absolute atomic E-state index is 12.2. The van der Waals surface area contributed by atoms with Gasteiger partial charge >= 0.3 is 6.03 Å². The van der Waals surface area contributed by atoms with Crippen molar-refractivity contribution in [1.82, 2.24) is 15.3 Å². The zero-order valence-corrected chi connectivity index (χ0v) is 17.6. The van der Waals surface area contributed by atoms with Crippen LogP contribution in [0.3, 0.4) is 0 Å². The van der Waals surface area contributed by atoms with Gasteiger partial charge in [-0.25, -0.2) is 4.79 Å². The molecule has 0 aromatic heterocycles. The molecule has 0 saturated carbocycles. The van der Waals surface area contributed by atoms with Crippen LogP contribution in [0.15, 0.2) is 18.2 Å². The Morgan fingerprint density at radius 2 is 1.89 bits per heavy atom. The Kier molecular flexibility index (Phi) is 6.36. The molecule has 28 heavy (non-hydrogen) atoms. The molecule has 154 valence electrons. The number of hydrogen-bond donors (Lipinski definition) is 3. The van der Waals surface area contributed by atoms with Gasteiger partial charge in [-0.3, -0.25) is 14.9 Å². The Labute approximate surface area is 169 Å². The lowest BCUT2D eigenvalue weighted by molar-refractivity contribution is 0.196. The molecule has 3 saturated heterocycles. The molecule has 8 heteroatoms. The summed E-state index contributed by atoms with van der Waals surface area (Å²) in [6, 6.07) is 6.19. The zero-order chi connectivity index (χ0) is 19.5. The lowest BCUT2D eigenvalue weighted by atomic mass is 9.97. The highest BCUT2D eigenvalue weighted by atomic mass is 31.2. The van der Waals surface area contributed by atoms with Gasteiger partial charge in [0, 0.05) is 56.8 Å². The van der Waals surface area contributed by atoms with E-state index in [0.717, 1.165) is 43.3 Å². The molecule has 4 rings (SSSR count). The van der Waals surface area contributed by atoms with E-state index in [4.69, 9.17) is 0 Å². The van der Waals surface area contributed by atoms with E-state index in [-0.39, 0.29) is 6.03 Å². The molecule has 3 aliphatic heterocycles. The average Bonchev–Trinajstić information content (AvgIpc) is 2.70. The van der Waals surface area contributed by atoms with Crippen LogP contribution in [-0.4, -0.2) is 74.3 Å². The van der Waals surface area contributed by atoms with Crippen LogP contribution >= 0.6 is 8.30 Å². The fraction of sp³-hybridized carbons (Fsp3) is 0.650. The monoisotopic (exact) mass is 405 g/mol. The molecular formula is C20H32N5O2P. The number of nitrogens with zero attached hydrogens (tertiary/aromatic N) is 3.